The normalized spacial score (nSPS) is 20.0. The first-order chi connectivity index (χ1) is 15.0. The number of likely N-dealkylation sites (tertiary alicyclic amines) is 1. The molecule has 6 nitrogen and oxygen atoms in total. The molecule has 0 radical (unpaired) electrons. The molecule has 1 fully saturated rings. The van der Waals surface area contributed by atoms with Crippen LogP contribution in [-0.4, -0.2) is 58.2 Å². The van der Waals surface area contributed by atoms with Crippen molar-refractivity contribution in [1.82, 2.24) is 9.80 Å². The van der Waals surface area contributed by atoms with Crippen LogP contribution in [0.1, 0.15) is 102 Å². The van der Waals surface area contributed by atoms with Gasteiger partial charge in [0.25, 0.3) is 0 Å². The highest BCUT2D eigenvalue weighted by atomic mass is 16.6. The Morgan fingerprint density at radius 1 is 1.12 bits per heavy atom. The van der Waals surface area contributed by atoms with E-state index in [0.29, 0.717) is 18.8 Å². The number of ether oxygens (including phenoxy) is 1. The number of likely N-dealkylation sites (N-methyl/N-ethyl adjacent to an activating group) is 1. The van der Waals surface area contributed by atoms with Gasteiger partial charge >= 0.3 is 12.1 Å². The molecule has 1 heterocycles. The summed E-state index contributed by atoms with van der Waals surface area (Å²) in [6, 6.07) is 4.96. The number of carbonyl (C=O) groups excluding carboxylic acids is 1. The van der Waals surface area contributed by atoms with Crippen LogP contribution in [0.4, 0.5) is 4.79 Å². The van der Waals surface area contributed by atoms with E-state index in [-0.39, 0.29) is 28.7 Å². The maximum absolute atomic E-state index is 12.9. The molecule has 1 aromatic carbocycles. The minimum absolute atomic E-state index is 0.0153. The summed E-state index contributed by atoms with van der Waals surface area (Å²) in [6.07, 6.45) is 5.36. The second-order valence-electron chi connectivity index (χ2n) is 10.2. The Kier molecular flexibility index (Phi) is 8.74. The minimum Gasteiger partial charge on any atom is -0.478 e. The van der Waals surface area contributed by atoms with Crippen LogP contribution in [0.2, 0.25) is 0 Å². The largest absolute Gasteiger partial charge is 0.478 e. The molecule has 2 rings (SSSR count). The summed E-state index contributed by atoms with van der Waals surface area (Å²) in [5.41, 5.74) is 0.809. The highest BCUT2D eigenvalue weighted by Gasteiger charge is 2.46. The molecule has 0 bridgehead atoms. The summed E-state index contributed by atoms with van der Waals surface area (Å²) in [5, 5.41) is 9.86. The molecule has 0 saturated carbocycles. The number of piperidine rings is 1. The summed E-state index contributed by atoms with van der Waals surface area (Å²) in [4.78, 5) is 29.0. The number of benzene rings is 1. The van der Waals surface area contributed by atoms with Gasteiger partial charge < -0.3 is 14.7 Å². The van der Waals surface area contributed by atoms with Crippen LogP contribution in [0.5, 0.6) is 5.75 Å². The van der Waals surface area contributed by atoms with E-state index in [1.165, 1.54) is 0 Å². The van der Waals surface area contributed by atoms with Crippen LogP contribution < -0.4 is 4.74 Å². The third kappa shape index (κ3) is 5.83. The molecule has 1 aliphatic heterocycles. The number of carboxylic acid groups (broad SMARTS) is 1. The van der Waals surface area contributed by atoms with Crippen LogP contribution >= 0.6 is 0 Å². The van der Waals surface area contributed by atoms with E-state index in [0.717, 1.165) is 44.1 Å². The molecule has 0 aromatic heterocycles. The SMILES string of the molecule is CCCCN(CCCC)C(=O)Oc1ccc(C(=O)O)c(C2CCC(C)(C)N(C)C2(C)C)c1. The summed E-state index contributed by atoms with van der Waals surface area (Å²) in [6.45, 7) is 14.3. The number of unbranched alkanes of at least 4 members (excludes halogenated alkanes) is 2. The summed E-state index contributed by atoms with van der Waals surface area (Å²) in [5.74, 6) is -0.522. The van der Waals surface area contributed by atoms with Crippen molar-refractivity contribution >= 4 is 12.1 Å². The van der Waals surface area contributed by atoms with Crippen molar-refractivity contribution in [2.75, 3.05) is 20.1 Å². The van der Waals surface area contributed by atoms with Crippen molar-refractivity contribution in [1.29, 1.82) is 0 Å². The lowest BCUT2D eigenvalue weighted by Gasteiger charge is -2.55. The van der Waals surface area contributed by atoms with E-state index < -0.39 is 5.97 Å². The monoisotopic (exact) mass is 446 g/mol. The first-order valence-electron chi connectivity index (χ1n) is 12.0. The van der Waals surface area contributed by atoms with Crippen molar-refractivity contribution in [3.05, 3.63) is 29.3 Å². The van der Waals surface area contributed by atoms with Crippen molar-refractivity contribution < 1.29 is 19.4 Å². The molecule has 1 saturated heterocycles. The molecular weight excluding hydrogens is 404 g/mol. The maximum Gasteiger partial charge on any atom is 0.415 e. The predicted molar refractivity (Wildman–Crippen MR) is 129 cm³/mol. The first kappa shape index (κ1) is 26.2. The molecule has 32 heavy (non-hydrogen) atoms. The van der Waals surface area contributed by atoms with Crippen molar-refractivity contribution in [2.24, 2.45) is 0 Å². The number of hydrogen-bond donors (Lipinski definition) is 1. The van der Waals surface area contributed by atoms with E-state index in [4.69, 9.17) is 4.74 Å². The predicted octanol–water partition coefficient (Wildman–Crippen LogP) is 6.15. The number of aromatic carboxylic acids is 1. The summed E-state index contributed by atoms with van der Waals surface area (Å²) >= 11 is 0. The lowest BCUT2D eigenvalue weighted by molar-refractivity contribution is -0.0190. The third-order valence-corrected chi connectivity index (χ3v) is 7.33. The molecular formula is C26H42N2O4. The molecule has 1 amide bonds. The fourth-order valence-corrected chi connectivity index (χ4v) is 4.81. The van der Waals surface area contributed by atoms with Gasteiger partial charge in [0.1, 0.15) is 5.75 Å². The topological polar surface area (TPSA) is 70.1 Å². The molecule has 6 heteroatoms. The second kappa shape index (κ2) is 10.7. The zero-order valence-electron chi connectivity index (χ0n) is 21.0. The summed E-state index contributed by atoms with van der Waals surface area (Å²) in [7, 11) is 2.11. The Hall–Kier alpha value is -2.08. The van der Waals surface area contributed by atoms with E-state index >= 15 is 0 Å². The van der Waals surface area contributed by atoms with Gasteiger partial charge in [-0.3, -0.25) is 4.90 Å². The lowest BCUT2D eigenvalue weighted by atomic mass is 9.69. The number of rotatable bonds is 9. The fraction of sp³-hybridized carbons (Fsp3) is 0.692. The van der Waals surface area contributed by atoms with E-state index in [2.05, 4.69) is 53.5 Å². The minimum atomic E-state index is -0.950. The van der Waals surface area contributed by atoms with Crippen LogP contribution in [0.3, 0.4) is 0 Å². The molecule has 1 aromatic rings. The zero-order valence-corrected chi connectivity index (χ0v) is 21.0. The van der Waals surface area contributed by atoms with Gasteiger partial charge in [0.2, 0.25) is 0 Å². The van der Waals surface area contributed by atoms with Gasteiger partial charge in [-0.1, -0.05) is 26.7 Å². The maximum atomic E-state index is 12.9. The third-order valence-electron chi connectivity index (χ3n) is 7.33. The van der Waals surface area contributed by atoms with E-state index in [1.807, 2.05) is 0 Å². The summed E-state index contributed by atoms with van der Waals surface area (Å²) < 4.78 is 5.75. The van der Waals surface area contributed by atoms with Gasteiger partial charge in [0, 0.05) is 30.1 Å². The van der Waals surface area contributed by atoms with E-state index in [1.54, 1.807) is 23.1 Å². The van der Waals surface area contributed by atoms with Crippen molar-refractivity contribution in [3.63, 3.8) is 0 Å². The Morgan fingerprint density at radius 2 is 1.72 bits per heavy atom. The average molecular weight is 447 g/mol. The van der Waals surface area contributed by atoms with Crippen LogP contribution in [0.25, 0.3) is 0 Å². The number of carboxylic acids is 1. The lowest BCUT2D eigenvalue weighted by Crippen LogP contribution is -2.59. The van der Waals surface area contributed by atoms with Crippen LogP contribution in [0.15, 0.2) is 18.2 Å². The number of amides is 1. The highest BCUT2D eigenvalue weighted by Crippen LogP contribution is 2.47. The number of hydrogen-bond acceptors (Lipinski definition) is 4. The average Bonchev–Trinajstić information content (AvgIpc) is 2.72. The van der Waals surface area contributed by atoms with Gasteiger partial charge in [0.05, 0.1) is 5.56 Å². The van der Waals surface area contributed by atoms with Crippen molar-refractivity contribution in [2.45, 2.75) is 97.1 Å². The Morgan fingerprint density at radius 3 is 2.25 bits per heavy atom. The molecule has 1 N–H and O–H groups in total. The van der Waals surface area contributed by atoms with Gasteiger partial charge in [0.15, 0.2) is 0 Å². The van der Waals surface area contributed by atoms with Gasteiger partial charge in [-0.25, -0.2) is 9.59 Å². The van der Waals surface area contributed by atoms with Gasteiger partial charge in [-0.2, -0.15) is 0 Å². The second-order valence-corrected chi connectivity index (χ2v) is 10.2. The van der Waals surface area contributed by atoms with Crippen molar-refractivity contribution in [3.8, 4) is 5.75 Å². The smallest absolute Gasteiger partial charge is 0.415 e. The zero-order chi connectivity index (χ0) is 24.1. The Bertz CT molecular complexity index is 795. The number of nitrogens with zero attached hydrogens (tertiary/aromatic N) is 2. The molecule has 1 aliphatic rings. The van der Waals surface area contributed by atoms with E-state index in [9.17, 15) is 14.7 Å². The Balaban J connectivity index is 2.35. The standard InChI is InChI=1S/C26H42N2O4/c1-8-10-16-28(17-11-9-2)24(31)32-19-12-13-20(23(29)30)21(18-19)22-14-15-25(3,4)27(7)26(22,5)6/h12-13,18,22H,8-11,14-17H2,1-7H3,(H,29,30). The van der Waals surface area contributed by atoms with Crippen LogP contribution in [0, 0.1) is 0 Å². The highest BCUT2D eigenvalue weighted by molar-refractivity contribution is 5.90. The van der Waals surface area contributed by atoms with Gasteiger partial charge in [-0.05, 0) is 84.2 Å². The Labute approximate surface area is 193 Å². The fourth-order valence-electron chi connectivity index (χ4n) is 4.81. The number of carbonyl (C=O) groups is 2. The van der Waals surface area contributed by atoms with Crippen LogP contribution in [-0.2, 0) is 0 Å². The first-order valence-corrected chi connectivity index (χ1v) is 12.0. The molecule has 1 unspecified atom stereocenters. The molecule has 180 valence electrons. The van der Waals surface area contributed by atoms with Gasteiger partial charge in [-0.15, -0.1) is 0 Å². The quantitative estimate of drug-likeness (QED) is 0.492. The molecule has 1 atom stereocenters. The molecule has 0 spiro atoms. The molecule has 0 aliphatic carbocycles.